The zero-order valence-corrected chi connectivity index (χ0v) is 18.0. The molecule has 146 valence electrons. The van der Waals surface area contributed by atoms with Crippen LogP contribution < -0.4 is 9.47 Å². The summed E-state index contributed by atoms with van der Waals surface area (Å²) in [6, 6.07) is 10.7. The molecular formula is C19H16Cl2N2O3S2. The van der Waals surface area contributed by atoms with Crippen LogP contribution in [0.25, 0.3) is 0 Å². The highest BCUT2D eigenvalue weighted by Gasteiger charge is 2.25. The number of ether oxygens (including phenoxy) is 2. The molecule has 1 heterocycles. The van der Waals surface area contributed by atoms with Crippen LogP contribution in [0.5, 0.6) is 11.5 Å². The van der Waals surface area contributed by atoms with Gasteiger partial charge in [0, 0.05) is 15.6 Å². The van der Waals surface area contributed by atoms with Crippen molar-refractivity contribution in [3.05, 3.63) is 57.6 Å². The Balaban J connectivity index is 1.75. The van der Waals surface area contributed by atoms with Crippen molar-refractivity contribution in [2.24, 2.45) is 5.10 Å². The van der Waals surface area contributed by atoms with E-state index in [1.807, 2.05) is 19.1 Å². The van der Waals surface area contributed by atoms with Crippen molar-refractivity contribution in [3.63, 3.8) is 0 Å². The van der Waals surface area contributed by atoms with Crippen molar-refractivity contribution < 1.29 is 14.3 Å². The summed E-state index contributed by atoms with van der Waals surface area (Å²) in [7, 11) is 0. The fourth-order valence-corrected chi connectivity index (χ4v) is 3.80. The lowest BCUT2D eigenvalue weighted by Gasteiger charge is -2.13. The molecule has 0 spiro atoms. The maximum Gasteiger partial charge on any atom is 0.259 e. The Morgan fingerprint density at radius 1 is 1.21 bits per heavy atom. The van der Waals surface area contributed by atoms with Crippen LogP contribution in [0.2, 0.25) is 10.0 Å². The number of thioether (sulfide) groups is 1. The SMILES string of the molecule is CCOc1cc(/C=N/N2C(=O)CSC2=S)ccc1OCc1ccc(Cl)cc1Cl. The van der Waals surface area contributed by atoms with Gasteiger partial charge in [0.25, 0.3) is 5.91 Å². The molecule has 0 atom stereocenters. The smallest absolute Gasteiger partial charge is 0.259 e. The lowest BCUT2D eigenvalue weighted by Crippen LogP contribution is -2.22. The van der Waals surface area contributed by atoms with E-state index in [0.717, 1.165) is 11.1 Å². The molecule has 2 aromatic carbocycles. The number of benzene rings is 2. The molecule has 0 aromatic heterocycles. The molecule has 28 heavy (non-hydrogen) atoms. The fourth-order valence-electron chi connectivity index (χ4n) is 2.37. The molecule has 2 aromatic rings. The molecule has 1 saturated heterocycles. The molecule has 0 unspecified atom stereocenters. The Morgan fingerprint density at radius 3 is 2.71 bits per heavy atom. The van der Waals surface area contributed by atoms with E-state index in [1.54, 1.807) is 30.5 Å². The minimum Gasteiger partial charge on any atom is -0.490 e. The minimum atomic E-state index is -0.129. The zero-order chi connectivity index (χ0) is 20.1. The van der Waals surface area contributed by atoms with Crippen LogP contribution in [0, 0.1) is 0 Å². The van der Waals surface area contributed by atoms with Gasteiger partial charge in [-0.3, -0.25) is 4.79 Å². The second-order valence-corrected chi connectivity index (χ2v) is 8.12. The van der Waals surface area contributed by atoms with Gasteiger partial charge in [0.05, 0.1) is 18.6 Å². The van der Waals surface area contributed by atoms with E-state index in [2.05, 4.69) is 5.10 Å². The van der Waals surface area contributed by atoms with Crippen LogP contribution in [0.15, 0.2) is 41.5 Å². The van der Waals surface area contributed by atoms with Gasteiger partial charge in [-0.1, -0.05) is 53.2 Å². The number of carbonyl (C=O) groups is 1. The summed E-state index contributed by atoms with van der Waals surface area (Å²) in [5, 5.41) is 6.51. The number of hydrogen-bond acceptors (Lipinski definition) is 6. The van der Waals surface area contributed by atoms with Crippen LogP contribution in [-0.4, -0.2) is 33.8 Å². The summed E-state index contributed by atoms with van der Waals surface area (Å²) in [6.45, 7) is 2.64. The number of hydrogen-bond donors (Lipinski definition) is 0. The van der Waals surface area contributed by atoms with Crippen molar-refractivity contribution in [1.29, 1.82) is 0 Å². The van der Waals surface area contributed by atoms with E-state index in [-0.39, 0.29) is 12.5 Å². The summed E-state index contributed by atoms with van der Waals surface area (Å²) in [4.78, 5) is 11.7. The lowest BCUT2D eigenvalue weighted by atomic mass is 10.2. The quantitative estimate of drug-likeness (QED) is 0.426. The van der Waals surface area contributed by atoms with E-state index in [4.69, 9.17) is 44.9 Å². The molecule has 0 N–H and O–H groups in total. The summed E-state index contributed by atoms with van der Waals surface area (Å²) >= 11 is 18.5. The Hall–Kier alpha value is -1.80. The van der Waals surface area contributed by atoms with Crippen LogP contribution in [0.4, 0.5) is 0 Å². The molecule has 1 aliphatic rings. The Morgan fingerprint density at radius 2 is 2.04 bits per heavy atom. The number of thiocarbonyl (C=S) groups is 1. The predicted octanol–water partition coefficient (Wildman–Crippen LogP) is 5.17. The summed E-state index contributed by atoms with van der Waals surface area (Å²) < 4.78 is 12.0. The molecule has 9 heteroatoms. The largest absolute Gasteiger partial charge is 0.490 e. The first kappa shape index (κ1) is 20.9. The molecule has 1 fully saturated rings. The summed E-state index contributed by atoms with van der Waals surface area (Å²) in [6.07, 6.45) is 1.57. The van der Waals surface area contributed by atoms with Gasteiger partial charge in [-0.15, -0.1) is 0 Å². The highest BCUT2D eigenvalue weighted by atomic mass is 35.5. The van der Waals surface area contributed by atoms with Gasteiger partial charge in [-0.05, 0) is 42.8 Å². The third-order valence-electron chi connectivity index (χ3n) is 3.72. The normalized spacial score (nSPS) is 14.2. The van der Waals surface area contributed by atoms with E-state index >= 15 is 0 Å². The number of amides is 1. The first-order valence-electron chi connectivity index (χ1n) is 8.35. The minimum absolute atomic E-state index is 0.129. The highest BCUT2D eigenvalue weighted by Crippen LogP contribution is 2.30. The van der Waals surface area contributed by atoms with Crippen molar-refractivity contribution in [1.82, 2.24) is 5.01 Å². The zero-order valence-electron chi connectivity index (χ0n) is 14.9. The highest BCUT2D eigenvalue weighted by molar-refractivity contribution is 8.23. The third-order valence-corrected chi connectivity index (χ3v) is 5.64. The molecule has 1 aliphatic heterocycles. The first-order chi connectivity index (χ1) is 13.5. The van der Waals surface area contributed by atoms with Crippen molar-refractivity contribution in [3.8, 4) is 11.5 Å². The molecule has 0 bridgehead atoms. The van der Waals surface area contributed by atoms with Crippen molar-refractivity contribution in [2.45, 2.75) is 13.5 Å². The average Bonchev–Trinajstić information content (AvgIpc) is 2.98. The van der Waals surface area contributed by atoms with Crippen LogP contribution in [0.3, 0.4) is 0 Å². The number of nitrogens with zero attached hydrogens (tertiary/aromatic N) is 2. The predicted molar refractivity (Wildman–Crippen MR) is 118 cm³/mol. The number of halogens is 2. The fraction of sp³-hybridized carbons (Fsp3) is 0.211. The summed E-state index contributed by atoms with van der Waals surface area (Å²) in [5.41, 5.74) is 1.57. The van der Waals surface area contributed by atoms with E-state index in [0.29, 0.717) is 38.2 Å². The molecule has 0 saturated carbocycles. The second kappa shape index (κ2) is 9.60. The van der Waals surface area contributed by atoms with Crippen molar-refractivity contribution >= 4 is 63.6 Å². The van der Waals surface area contributed by atoms with Gasteiger partial charge >= 0.3 is 0 Å². The average molecular weight is 455 g/mol. The van der Waals surface area contributed by atoms with Gasteiger partial charge < -0.3 is 9.47 Å². The number of hydrazone groups is 1. The van der Waals surface area contributed by atoms with E-state index in [9.17, 15) is 4.79 Å². The lowest BCUT2D eigenvalue weighted by molar-refractivity contribution is -0.123. The molecular weight excluding hydrogens is 439 g/mol. The number of carbonyl (C=O) groups excluding carboxylic acids is 1. The van der Waals surface area contributed by atoms with Crippen LogP contribution in [0.1, 0.15) is 18.1 Å². The molecule has 5 nitrogen and oxygen atoms in total. The number of rotatable bonds is 7. The maximum atomic E-state index is 11.7. The molecule has 1 amide bonds. The van der Waals surface area contributed by atoms with Gasteiger partial charge in [0.15, 0.2) is 15.8 Å². The van der Waals surface area contributed by atoms with Gasteiger partial charge in [-0.25, -0.2) is 0 Å². The Bertz CT molecular complexity index is 921. The van der Waals surface area contributed by atoms with Gasteiger partial charge in [-0.2, -0.15) is 10.1 Å². The first-order valence-corrected chi connectivity index (χ1v) is 10.5. The van der Waals surface area contributed by atoms with E-state index < -0.39 is 0 Å². The van der Waals surface area contributed by atoms with Gasteiger partial charge in [0.2, 0.25) is 0 Å². The second-order valence-electron chi connectivity index (χ2n) is 5.67. The Kier molecular flexibility index (Phi) is 7.18. The van der Waals surface area contributed by atoms with E-state index in [1.165, 1.54) is 16.8 Å². The van der Waals surface area contributed by atoms with Crippen LogP contribution >= 0.6 is 47.2 Å². The Labute approximate surface area is 182 Å². The maximum absolute atomic E-state index is 11.7. The standard InChI is InChI=1S/C19H16Cl2N2O3S2/c1-2-25-17-7-12(9-22-23-18(24)11-28-19(23)27)3-6-16(17)26-10-13-4-5-14(20)8-15(13)21/h3-9H,2,10-11H2,1H3/b22-9+. The topological polar surface area (TPSA) is 51.1 Å². The summed E-state index contributed by atoms with van der Waals surface area (Å²) in [5.74, 6) is 1.34. The third kappa shape index (κ3) is 5.17. The van der Waals surface area contributed by atoms with Gasteiger partial charge in [0.1, 0.15) is 6.61 Å². The van der Waals surface area contributed by atoms with Crippen molar-refractivity contribution in [2.75, 3.05) is 12.4 Å². The monoisotopic (exact) mass is 454 g/mol. The molecule has 0 radical (unpaired) electrons. The van der Waals surface area contributed by atoms with Crippen LogP contribution in [-0.2, 0) is 11.4 Å². The molecule has 3 rings (SSSR count). The molecule has 0 aliphatic carbocycles.